The lowest BCUT2D eigenvalue weighted by molar-refractivity contribution is 0.103. The number of carbonyl (C=O) groups excluding carboxylic acids is 1. The fourth-order valence-corrected chi connectivity index (χ4v) is 3.22. The predicted molar refractivity (Wildman–Crippen MR) is 122 cm³/mol. The molecule has 0 heterocycles. The van der Waals surface area contributed by atoms with Crippen LogP contribution in [0.5, 0.6) is 34.5 Å². The molecule has 0 aromatic heterocycles. The van der Waals surface area contributed by atoms with E-state index in [1.807, 2.05) is 6.92 Å². The van der Waals surface area contributed by atoms with Crippen LogP contribution in [-0.4, -0.2) is 16.0 Å². The highest BCUT2D eigenvalue weighted by molar-refractivity contribution is 6.09. The Hall–Kier alpha value is -4.25. The number of aromatic hydroxyl groups is 2. The van der Waals surface area contributed by atoms with Crippen molar-refractivity contribution in [3.05, 3.63) is 107 Å². The molecule has 0 unspecified atom stereocenters. The second-order valence-electron chi connectivity index (χ2n) is 7.48. The number of rotatable bonds is 6. The van der Waals surface area contributed by atoms with Crippen molar-refractivity contribution in [3.63, 3.8) is 0 Å². The van der Waals surface area contributed by atoms with Gasteiger partial charge in [0.15, 0.2) is 5.78 Å². The lowest BCUT2D eigenvalue weighted by atomic mass is 10.0. The van der Waals surface area contributed by atoms with Gasteiger partial charge in [-0.2, -0.15) is 0 Å². The van der Waals surface area contributed by atoms with Crippen molar-refractivity contribution in [2.75, 3.05) is 0 Å². The van der Waals surface area contributed by atoms with Crippen molar-refractivity contribution >= 4 is 5.78 Å². The van der Waals surface area contributed by atoms with E-state index in [1.54, 1.807) is 91.9 Å². The lowest BCUT2D eigenvalue weighted by Crippen LogP contribution is -2.01. The first kappa shape index (κ1) is 21.0. The molecule has 0 aliphatic rings. The summed E-state index contributed by atoms with van der Waals surface area (Å²) in [5.74, 6) is 2.74. The van der Waals surface area contributed by atoms with Gasteiger partial charge in [0, 0.05) is 11.1 Å². The fraction of sp³-hybridized carbons (Fsp3) is 0.0741. The summed E-state index contributed by atoms with van der Waals surface area (Å²) in [4.78, 5) is 12.8. The van der Waals surface area contributed by atoms with Gasteiger partial charge in [-0.05, 0) is 110 Å². The number of ketones is 1. The molecular weight excluding hydrogens is 404 g/mol. The second-order valence-corrected chi connectivity index (χ2v) is 7.48. The van der Waals surface area contributed by atoms with Crippen LogP contribution >= 0.6 is 0 Å². The molecule has 0 aliphatic carbocycles. The smallest absolute Gasteiger partial charge is 0.193 e. The average Bonchev–Trinajstić information content (AvgIpc) is 2.79. The Morgan fingerprint density at radius 2 is 1.19 bits per heavy atom. The van der Waals surface area contributed by atoms with Crippen LogP contribution in [0.4, 0.5) is 0 Å². The van der Waals surface area contributed by atoms with E-state index in [9.17, 15) is 15.0 Å². The molecular formula is C27H22O5. The van der Waals surface area contributed by atoms with E-state index in [0.29, 0.717) is 34.1 Å². The summed E-state index contributed by atoms with van der Waals surface area (Å²) in [6.07, 6.45) is 0. The molecule has 0 atom stereocenters. The summed E-state index contributed by atoms with van der Waals surface area (Å²) >= 11 is 0. The summed E-state index contributed by atoms with van der Waals surface area (Å²) in [5, 5.41) is 19.1. The maximum absolute atomic E-state index is 12.8. The van der Waals surface area contributed by atoms with Crippen molar-refractivity contribution in [1.82, 2.24) is 0 Å². The molecule has 0 aliphatic heterocycles. The van der Waals surface area contributed by atoms with Crippen LogP contribution in [-0.2, 0) is 0 Å². The summed E-state index contributed by atoms with van der Waals surface area (Å²) < 4.78 is 11.6. The second kappa shape index (κ2) is 8.86. The molecule has 160 valence electrons. The maximum atomic E-state index is 12.8. The minimum absolute atomic E-state index is 0.107. The number of hydrogen-bond acceptors (Lipinski definition) is 5. The van der Waals surface area contributed by atoms with E-state index >= 15 is 0 Å². The van der Waals surface area contributed by atoms with Crippen molar-refractivity contribution in [3.8, 4) is 34.5 Å². The molecule has 5 heteroatoms. The van der Waals surface area contributed by atoms with Crippen molar-refractivity contribution in [2.45, 2.75) is 13.8 Å². The van der Waals surface area contributed by atoms with Gasteiger partial charge in [0.1, 0.15) is 34.5 Å². The number of carbonyl (C=O) groups is 1. The number of phenolic OH excluding ortho intramolecular Hbond substituents is 2. The highest BCUT2D eigenvalue weighted by Gasteiger charge is 2.11. The molecule has 0 fully saturated rings. The molecule has 32 heavy (non-hydrogen) atoms. The van der Waals surface area contributed by atoms with Gasteiger partial charge >= 0.3 is 0 Å². The van der Waals surface area contributed by atoms with Crippen molar-refractivity contribution in [1.29, 1.82) is 0 Å². The first-order valence-electron chi connectivity index (χ1n) is 10.1. The standard InChI is InChI=1S/C27H22O5/c1-17-16-24(12-13-25(17)29)31-22-8-3-19(4-9-22)27(30)20-5-10-23(11-6-20)32-26-14-7-21(28)15-18(26)2/h3-16,28-29H,1-2H3. The van der Waals surface area contributed by atoms with Gasteiger partial charge in [0.25, 0.3) is 0 Å². The van der Waals surface area contributed by atoms with Crippen LogP contribution in [0.3, 0.4) is 0 Å². The van der Waals surface area contributed by atoms with Gasteiger partial charge in [0.2, 0.25) is 0 Å². The molecule has 4 aromatic carbocycles. The molecule has 0 spiro atoms. The van der Waals surface area contributed by atoms with Crippen LogP contribution in [0, 0.1) is 13.8 Å². The van der Waals surface area contributed by atoms with E-state index in [2.05, 4.69) is 0 Å². The van der Waals surface area contributed by atoms with E-state index in [1.165, 1.54) is 0 Å². The molecule has 4 rings (SSSR count). The molecule has 2 N–H and O–H groups in total. The zero-order valence-corrected chi connectivity index (χ0v) is 17.7. The summed E-state index contributed by atoms with van der Waals surface area (Å²) in [6.45, 7) is 3.65. The van der Waals surface area contributed by atoms with Gasteiger partial charge in [-0.1, -0.05) is 0 Å². The monoisotopic (exact) mass is 426 g/mol. The SMILES string of the molecule is Cc1cc(Oc2ccc(C(=O)c3ccc(Oc4ccc(O)cc4C)cc3)cc2)ccc1O. The topological polar surface area (TPSA) is 76.0 Å². The summed E-state index contributed by atoms with van der Waals surface area (Å²) in [6, 6.07) is 23.7. The first-order valence-corrected chi connectivity index (χ1v) is 10.1. The Balaban J connectivity index is 1.43. The number of phenols is 2. The molecule has 0 saturated heterocycles. The van der Waals surface area contributed by atoms with Crippen molar-refractivity contribution < 1.29 is 24.5 Å². The third kappa shape index (κ3) is 4.73. The quantitative estimate of drug-likeness (QED) is 0.343. The normalized spacial score (nSPS) is 10.6. The minimum atomic E-state index is -0.107. The van der Waals surface area contributed by atoms with E-state index < -0.39 is 0 Å². The number of ether oxygens (including phenoxy) is 2. The summed E-state index contributed by atoms with van der Waals surface area (Å²) in [7, 11) is 0. The van der Waals surface area contributed by atoms with Crippen LogP contribution in [0.15, 0.2) is 84.9 Å². The van der Waals surface area contributed by atoms with E-state index in [4.69, 9.17) is 9.47 Å². The molecule has 4 aromatic rings. The Morgan fingerprint density at radius 1 is 0.625 bits per heavy atom. The van der Waals surface area contributed by atoms with Crippen LogP contribution in [0.1, 0.15) is 27.0 Å². The van der Waals surface area contributed by atoms with Gasteiger partial charge in [-0.3, -0.25) is 4.79 Å². The summed E-state index contributed by atoms with van der Waals surface area (Å²) in [5.41, 5.74) is 2.63. The first-order chi connectivity index (χ1) is 15.4. The Bertz CT molecular complexity index is 1260. The molecule has 0 amide bonds. The average molecular weight is 426 g/mol. The number of aryl methyl sites for hydroxylation is 2. The zero-order valence-electron chi connectivity index (χ0n) is 17.7. The third-order valence-corrected chi connectivity index (χ3v) is 5.02. The molecule has 5 nitrogen and oxygen atoms in total. The van der Waals surface area contributed by atoms with Crippen LogP contribution in [0.2, 0.25) is 0 Å². The highest BCUT2D eigenvalue weighted by atomic mass is 16.5. The third-order valence-electron chi connectivity index (χ3n) is 5.02. The zero-order chi connectivity index (χ0) is 22.7. The highest BCUT2D eigenvalue weighted by Crippen LogP contribution is 2.29. The maximum Gasteiger partial charge on any atom is 0.193 e. The minimum Gasteiger partial charge on any atom is -0.508 e. The van der Waals surface area contributed by atoms with Gasteiger partial charge in [-0.25, -0.2) is 0 Å². The number of benzene rings is 4. The predicted octanol–water partition coefficient (Wildman–Crippen LogP) is 6.53. The van der Waals surface area contributed by atoms with Crippen molar-refractivity contribution in [2.24, 2.45) is 0 Å². The molecule has 0 radical (unpaired) electrons. The van der Waals surface area contributed by atoms with Crippen LogP contribution < -0.4 is 9.47 Å². The Labute approximate surface area is 186 Å². The van der Waals surface area contributed by atoms with Gasteiger partial charge < -0.3 is 19.7 Å². The number of hydrogen-bond donors (Lipinski definition) is 2. The Kier molecular flexibility index (Phi) is 5.81. The van der Waals surface area contributed by atoms with Gasteiger partial charge in [0.05, 0.1) is 0 Å². The van der Waals surface area contributed by atoms with E-state index in [0.717, 1.165) is 11.1 Å². The molecule has 0 bridgehead atoms. The van der Waals surface area contributed by atoms with E-state index in [-0.39, 0.29) is 17.3 Å². The largest absolute Gasteiger partial charge is 0.508 e. The lowest BCUT2D eigenvalue weighted by Gasteiger charge is -2.10. The Morgan fingerprint density at radius 3 is 1.75 bits per heavy atom. The van der Waals surface area contributed by atoms with Crippen LogP contribution in [0.25, 0.3) is 0 Å². The van der Waals surface area contributed by atoms with Gasteiger partial charge in [-0.15, -0.1) is 0 Å². The fourth-order valence-electron chi connectivity index (χ4n) is 3.22. The molecule has 0 saturated carbocycles.